The van der Waals surface area contributed by atoms with E-state index in [4.69, 9.17) is 0 Å². The molecule has 266 valence electrons. The van der Waals surface area contributed by atoms with Crippen LogP contribution >= 0.6 is 0 Å². The fraction of sp³-hybridized carbons (Fsp3) is 0. The number of rotatable bonds is 5. The largest absolute Gasteiger partial charge is 0.309 e. The molecule has 0 radical (unpaired) electrons. The van der Waals surface area contributed by atoms with Crippen molar-refractivity contribution >= 4 is 65.4 Å². The van der Waals surface area contributed by atoms with Crippen molar-refractivity contribution in [2.24, 2.45) is 0 Å². The molecule has 0 bridgehead atoms. The van der Waals surface area contributed by atoms with Crippen LogP contribution in [0.5, 0.6) is 0 Å². The highest BCUT2D eigenvalue weighted by molar-refractivity contribution is 6.14. The van der Waals surface area contributed by atoms with Crippen LogP contribution in [0.25, 0.3) is 105 Å². The van der Waals surface area contributed by atoms with Crippen LogP contribution in [0.1, 0.15) is 0 Å². The van der Waals surface area contributed by atoms with E-state index < -0.39 is 0 Å². The molecule has 12 aromatic rings. The molecule has 0 unspecified atom stereocenters. The van der Waals surface area contributed by atoms with Crippen LogP contribution in [0.2, 0.25) is 0 Å². The van der Waals surface area contributed by atoms with Gasteiger partial charge in [-0.2, -0.15) is 0 Å². The zero-order valence-electron chi connectivity index (χ0n) is 31.0. The lowest BCUT2D eigenvalue weighted by Crippen LogP contribution is -1.98. The van der Waals surface area contributed by atoms with E-state index in [9.17, 15) is 0 Å². The van der Waals surface area contributed by atoms with Gasteiger partial charge in [-0.25, -0.2) is 0 Å². The lowest BCUT2D eigenvalue weighted by Gasteiger charge is -2.16. The van der Waals surface area contributed by atoms with Gasteiger partial charge in [0.2, 0.25) is 0 Å². The lowest BCUT2D eigenvalue weighted by atomic mass is 9.96. The summed E-state index contributed by atoms with van der Waals surface area (Å²) in [5, 5.41) is 7.53. The Morgan fingerprint density at radius 2 is 0.632 bits per heavy atom. The number of aromatic nitrogens is 3. The maximum absolute atomic E-state index is 2.44. The average molecular weight is 726 g/mol. The third-order valence-corrected chi connectivity index (χ3v) is 11.8. The molecule has 3 nitrogen and oxygen atoms in total. The molecule has 0 spiro atoms. The first-order valence-corrected chi connectivity index (χ1v) is 19.6. The summed E-state index contributed by atoms with van der Waals surface area (Å²) in [5.41, 5.74) is 15.3. The van der Waals surface area contributed by atoms with E-state index in [1.165, 1.54) is 82.1 Å². The van der Waals surface area contributed by atoms with Crippen LogP contribution in [0.4, 0.5) is 0 Å². The van der Waals surface area contributed by atoms with Crippen molar-refractivity contribution in [3.05, 3.63) is 212 Å². The summed E-state index contributed by atoms with van der Waals surface area (Å²) in [6.45, 7) is 0. The summed E-state index contributed by atoms with van der Waals surface area (Å²) >= 11 is 0. The van der Waals surface area contributed by atoms with Gasteiger partial charge >= 0.3 is 0 Å². The smallest absolute Gasteiger partial charge is 0.0619 e. The first kappa shape index (κ1) is 31.7. The van der Waals surface area contributed by atoms with Crippen LogP contribution in [-0.2, 0) is 0 Å². The summed E-state index contributed by atoms with van der Waals surface area (Å²) in [5.74, 6) is 0. The number of nitrogens with zero attached hydrogens (tertiary/aromatic N) is 3. The molecule has 57 heavy (non-hydrogen) atoms. The minimum absolute atomic E-state index is 1.13. The van der Waals surface area contributed by atoms with Gasteiger partial charge in [-0.1, -0.05) is 140 Å². The third kappa shape index (κ3) is 4.79. The fourth-order valence-corrected chi connectivity index (χ4v) is 9.36. The quantitative estimate of drug-likeness (QED) is 0.168. The molecule has 0 aliphatic heterocycles. The summed E-state index contributed by atoms with van der Waals surface area (Å²) in [4.78, 5) is 0. The van der Waals surface area contributed by atoms with Gasteiger partial charge in [-0.15, -0.1) is 0 Å². The van der Waals surface area contributed by atoms with Crippen molar-refractivity contribution in [3.63, 3.8) is 0 Å². The van der Waals surface area contributed by atoms with Gasteiger partial charge in [-0.3, -0.25) is 0 Å². The van der Waals surface area contributed by atoms with Crippen molar-refractivity contribution < 1.29 is 0 Å². The van der Waals surface area contributed by atoms with E-state index >= 15 is 0 Å². The summed E-state index contributed by atoms with van der Waals surface area (Å²) in [6.07, 6.45) is 0. The summed E-state index contributed by atoms with van der Waals surface area (Å²) in [6, 6.07) is 77.5. The summed E-state index contributed by atoms with van der Waals surface area (Å²) < 4.78 is 7.27. The normalized spacial score (nSPS) is 11.9. The molecule has 3 heteroatoms. The fourth-order valence-electron chi connectivity index (χ4n) is 9.36. The second-order valence-electron chi connectivity index (χ2n) is 14.9. The van der Waals surface area contributed by atoms with Crippen LogP contribution < -0.4 is 0 Å². The van der Waals surface area contributed by atoms with Crippen molar-refractivity contribution in [2.75, 3.05) is 0 Å². The second kappa shape index (κ2) is 12.5. The van der Waals surface area contributed by atoms with E-state index in [-0.39, 0.29) is 0 Å². The molecule has 0 saturated carbocycles. The van der Waals surface area contributed by atoms with Crippen LogP contribution in [0.3, 0.4) is 0 Å². The van der Waals surface area contributed by atoms with E-state index in [1.54, 1.807) is 0 Å². The molecule has 3 aromatic heterocycles. The molecule has 0 aliphatic rings. The lowest BCUT2D eigenvalue weighted by molar-refractivity contribution is 1.17. The maximum Gasteiger partial charge on any atom is 0.0619 e. The molecule has 0 aliphatic carbocycles. The van der Waals surface area contributed by atoms with Crippen LogP contribution in [0.15, 0.2) is 212 Å². The second-order valence-corrected chi connectivity index (χ2v) is 14.9. The molecule has 0 amide bonds. The molecule has 9 aromatic carbocycles. The Kier molecular flexibility index (Phi) is 6.93. The Hall–Kier alpha value is -7.62. The van der Waals surface area contributed by atoms with Gasteiger partial charge in [-0.05, 0) is 89.5 Å². The monoisotopic (exact) mass is 725 g/mol. The predicted octanol–water partition coefficient (Wildman–Crippen LogP) is 14.3. The SMILES string of the molecule is c1ccc(-n2c3ccccc3c3cccc(-c4cc(-c5ccc(-n6c7ccccc7c7ccccc76)cc5)cc(-n5c6ccccc6c6ccccc65)c4)c32)cc1. The molecule has 0 fully saturated rings. The Morgan fingerprint density at radius 3 is 1.18 bits per heavy atom. The van der Waals surface area contributed by atoms with Crippen LogP contribution in [0, 0.1) is 0 Å². The zero-order valence-corrected chi connectivity index (χ0v) is 31.0. The minimum atomic E-state index is 1.13. The van der Waals surface area contributed by atoms with Crippen molar-refractivity contribution in [1.82, 2.24) is 13.7 Å². The van der Waals surface area contributed by atoms with Crippen LogP contribution in [-0.4, -0.2) is 13.7 Å². The standard InChI is InChI=1S/C54H35N3/c1-2-15-39(16-3-1)57-53-28-13-8-21-47(53)48-23-14-22-42(54(48)57)38-33-37(34-41(35-38)56-51-26-11-6-19-45(51)46-20-7-12-27-52(46)56)36-29-31-40(32-30-36)55-49-24-9-4-17-43(49)44-18-5-10-25-50(44)55/h1-35H. The first-order chi connectivity index (χ1) is 28.3. The van der Waals surface area contributed by atoms with Crippen molar-refractivity contribution in [1.29, 1.82) is 0 Å². The molecule has 0 N–H and O–H groups in total. The minimum Gasteiger partial charge on any atom is -0.309 e. The molecule has 0 atom stereocenters. The van der Waals surface area contributed by atoms with Crippen molar-refractivity contribution in [2.45, 2.75) is 0 Å². The van der Waals surface area contributed by atoms with Gasteiger partial charge < -0.3 is 13.7 Å². The highest BCUT2D eigenvalue weighted by Crippen LogP contribution is 2.42. The topological polar surface area (TPSA) is 14.8 Å². The average Bonchev–Trinajstić information content (AvgIpc) is 3.93. The highest BCUT2D eigenvalue weighted by atomic mass is 15.0. The zero-order chi connectivity index (χ0) is 37.5. The Balaban J connectivity index is 1.12. The van der Waals surface area contributed by atoms with Crippen molar-refractivity contribution in [3.8, 4) is 39.3 Å². The van der Waals surface area contributed by atoms with Gasteiger partial charge in [0.15, 0.2) is 0 Å². The highest BCUT2D eigenvalue weighted by Gasteiger charge is 2.19. The van der Waals surface area contributed by atoms with Gasteiger partial charge in [0.05, 0.1) is 33.1 Å². The van der Waals surface area contributed by atoms with E-state index in [0.717, 1.165) is 22.6 Å². The number of para-hydroxylation sites is 7. The van der Waals surface area contributed by atoms with E-state index in [1.807, 2.05) is 0 Å². The Morgan fingerprint density at radius 1 is 0.228 bits per heavy atom. The molecular weight excluding hydrogens is 691 g/mol. The van der Waals surface area contributed by atoms with E-state index in [2.05, 4.69) is 226 Å². The number of benzene rings is 9. The Labute approximate surface area is 329 Å². The summed E-state index contributed by atoms with van der Waals surface area (Å²) in [7, 11) is 0. The molecular formula is C54H35N3. The van der Waals surface area contributed by atoms with Gasteiger partial charge in [0.1, 0.15) is 0 Å². The first-order valence-electron chi connectivity index (χ1n) is 19.6. The molecule has 0 saturated heterocycles. The predicted molar refractivity (Wildman–Crippen MR) is 240 cm³/mol. The molecule has 3 heterocycles. The van der Waals surface area contributed by atoms with Gasteiger partial charge in [0.25, 0.3) is 0 Å². The van der Waals surface area contributed by atoms with Gasteiger partial charge in [0, 0.05) is 54.9 Å². The number of hydrogen-bond donors (Lipinski definition) is 0. The third-order valence-electron chi connectivity index (χ3n) is 11.8. The number of fused-ring (bicyclic) bond motifs is 9. The maximum atomic E-state index is 2.44. The van der Waals surface area contributed by atoms with E-state index in [0.29, 0.717) is 0 Å². The Bertz CT molecular complexity index is 3400. The molecule has 12 rings (SSSR count). The number of hydrogen-bond acceptors (Lipinski definition) is 0.